The number of carbonyl (C=O) groups excluding carboxylic acids is 1. The minimum Gasteiger partial charge on any atom is -0.497 e. The van der Waals surface area contributed by atoms with Gasteiger partial charge < -0.3 is 24.6 Å². The third kappa shape index (κ3) is 3.91. The van der Waals surface area contributed by atoms with E-state index < -0.39 is 0 Å². The first-order valence-corrected chi connectivity index (χ1v) is 8.68. The normalized spacial score (nSPS) is 14.8. The molecule has 0 aromatic heterocycles. The molecule has 26 heavy (non-hydrogen) atoms. The number of piperazine rings is 1. The number of methoxy groups -OCH3 is 2. The van der Waals surface area contributed by atoms with Gasteiger partial charge in [-0.15, -0.1) is 0 Å². The van der Waals surface area contributed by atoms with Crippen molar-refractivity contribution >= 4 is 17.3 Å². The lowest BCUT2D eigenvalue weighted by atomic mass is 10.1. The first kappa shape index (κ1) is 18.1. The van der Waals surface area contributed by atoms with E-state index in [0.29, 0.717) is 17.1 Å². The van der Waals surface area contributed by atoms with E-state index >= 15 is 0 Å². The third-order valence-corrected chi connectivity index (χ3v) is 4.65. The minimum absolute atomic E-state index is 0.203. The molecule has 6 heteroatoms. The van der Waals surface area contributed by atoms with Crippen LogP contribution in [0.4, 0.5) is 11.4 Å². The lowest BCUT2D eigenvalue weighted by Gasteiger charge is -2.35. The van der Waals surface area contributed by atoms with E-state index in [2.05, 4.69) is 22.2 Å². The lowest BCUT2D eigenvalue weighted by molar-refractivity contribution is 0.102. The average Bonchev–Trinajstić information content (AvgIpc) is 2.68. The SMILES string of the molecule is COc1ccc(C(=O)Nc2ccccc2N2CCN(C)CC2)c(OC)c1. The number of para-hydroxylation sites is 2. The van der Waals surface area contributed by atoms with Crippen molar-refractivity contribution in [3.63, 3.8) is 0 Å². The summed E-state index contributed by atoms with van der Waals surface area (Å²) < 4.78 is 10.5. The van der Waals surface area contributed by atoms with Gasteiger partial charge in [-0.3, -0.25) is 4.79 Å². The number of benzene rings is 2. The highest BCUT2D eigenvalue weighted by atomic mass is 16.5. The molecule has 0 atom stereocenters. The summed E-state index contributed by atoms with van der Waals surface area (Å²) in [4.78, 5) is 17.4. The summed E-state index contributed by atoms with van der Waals surface area (Å²) in [6.07, 6.45) is 0. The predicted molar refractivity (Wildman–Crippen MR) is 104 cm³/mol. The molecule has 1 N–H and O–H groups in total. The fourth-order valence-corrected chi connectivity index (χ4v) is 3.08. The fraction of sp³-hybridized carbons (Fsp3) is 0.350. The van der Waals surface area contributed by atoms with Crippen LogP contribution in [0.25, 0.3) is 0 Å². The first-order valence-electron chi connectivity index (χ1n) is 8.68. The second kappa shape index (κ2) is 8.10. The van der Waals surface area contributed by atoms with Crippen molar-refractivity contribution in [2.75, 3.05) is 57.7 Å². The monoisotopic (exact) mass is 355 g/mol. The second-order valence-electron chi connectivity index (χ2n) is 6.33. The summed E-state index contributed by atoms with van der Waals surface area (Å²) in [5.41, 5.74) is 2.32. The number of amides is 1. The fourth-order valence-electron chi connectivity index (χ4n) is 3.08. The molecule has 1 aliphatic heterocycles. The maximum Gasteiger partial charge on any atom is 0.259 e. The third-order valence-electron chi connectivity index (χ3n) is 4.65. The summed E-state index contributed by atoms with van der Waals surface area (Å²) in [6, 6.07) is 13.1. The molecule has 0 unspecified atom stereocenters. The van der Waals surface area contributed by atoms with Gasteiger partial charge >= 0.3 is 0 Å². The Morgan fingerprint density at radius 1 is 1.00 bits per heavy atom. The zero-order chi connectivity index (χ0) is 18.5. The summed E-state index contributed by atoms with van der Waals surface area (Å²) in [7, 11) is 5.26. The number of rotatable bonds is 5. The van der Waals surface area contributed by atoms with Gasteiger partial charge in [-0.25, -0.2) is 0 Å². The van der Waals surface area contributed by atoms with Crippen LogP contribution in [-0.2, 0) is 0 Å². The van der Waals surface area contributed by atoms with E-state index in [0.717, 1.165) is 37.6 Å². The number of hydrogen-bond donors (Lipinski definition) is 1. The van der Waals surface area contributed by atoms with Crippen molar-refractivity contribution in [2.24, 2.45) is 0 Å². The molecule has 1 fully saturated rings. The van der Waals surface area contributed by atoms with Crippen molar-refractivity contribution in [3.8, 4) is 11.5 Å². The number of hydrogen-bond acceptors (Lipinski definition) is 5. The van der Waals surface area contributed by atoms with Crippen LogP contribution in [0.3, 0.4) is 0 Å². The maximum absolute atomic E-state index is 12.8. The molecule has 0 saturated carbocycles. The van der Waals surface area contributed by atoms with Crippen LogP contribution in [0.1, 0.15) is 10.4 Å². The van der Waals surface area contributed by atoms with Crippen LogP contribution in [0.5, 0.6) is 11.5 Å². The maximum atomic E-state index is 12.8. The van der Waals surface area contributed by atoms with Gasteiger partial charge in [0.25, 0.3) is 5.91 Å². The van der Waals surface area contributed by atoms with Gasteiger partial charge in [-0.05, 0) is 31.3 Å². The summed E-state index contributed by atoms with van der Waals surface area (Å²) in [5, 5.41) is 3.03. The zero-order valence-corrected chi connectivity index (χ0v) is 15.5. The molecule has 1 amide bonds. The number of carbonyl (C=O) groups is 1. The van der Waals surface area contributed by atoms with Gasteiger partial charge in [0.1, 0.15) is 11.5 Å². The lowest BCUT2D eigenvalue weighted by Crippen LogP contribution is -2.44. The van der Waals surface area contributed by atoms with E-state index in [4.69, 9.17) is 9.47 Å². The van der Waals surface area contributed by atoms with Gasteiger partial charge in [0.15, 0.2) is 0 Å². The highest BCUT2D eigenvalue weighted by molar-refractivity contribution is 6.07. The van der Waals surface area contributed by atoms with Crippen molar-refractivity contribution in [2.45, 2.75) is 0 Å². The Balaban J connectivity index is 1.82. The Bertz CT molecular complexity index is 771. The Morgan fingerprint density at radius 2 is 1.73 bits per heavy atom. The van der Waals surface area contributed by atoms with Crippen LogP contribution in [-0.4, -0.2) is 58.3 Å². The van der Waals surface area contributed by atoms with Gasteiger partial charge in [0.2, 0.25) is 0 Å². The number of nitrogens with zero attached hydrogens (tertiary/aromatic N) is 2. The number of likely N-dealkylation sites (N-methyl/N-ethyl adjacent to an activating group) is 1. The molecule has 3 rings (SSSR count). The van der Waals surface area contributed by atoms with E-state index in [9.17, 15) is 4.79 Å². The molecule has 0 radical (unpaired) electrons. The van der Waals surface area contributed by atoms with Gasteiger partial charge in [-0.2, -0.15) is 0 Å². The van der Waals surface area contributed by atoms with E-state index in [1.807, 2.05) is 24.3 Å². The van der Waals surface area contributed by atoms with E-state index in [1.165, 1.54) is 0 Å². The molecule has 2 aromatic rings. The topological polar surface area (TPSA) is 54.0 Å². The molecular formula is C20H25N3O3. The standard InChI is InChI=1S/C20H25N3O3/c1-22-10-12-23(13-11-22)18-7-5-4-6-17(18)21-20(24)16-9-8-15(25-2)14-19(16)26-3/h4-9,14H,10-13H2,1-3H3,(H,21,24). The molecule has 1 saturated heterocycles. The number of anilines is 2. The molecular weight excluding hydrogens is 330 g/mol. The van der Waals surface area contributed by atoms with Gasteiger partial charge in [0, 0.05) is 32.2 Å². The minimum atomic E-state index is -0.203. The number of ether oxygens (including phenoxy) is 2. The van der Waals surface area contributed by atoms with Crippen molar-refractivity contribution in [1.82, 2.24) is 4.90 Å². The highest BCUT2D eigenvalue weighted by Crippen LogP contribution is 2.29. The van der Waals surface area contributed by atoms with Gasteiger partial charge in [-0.1, -0.05) is 12.1 Å². The second-order valence-corrected chi connectivity index (χ2v) is 6.33. The van der Waals surface area contributed by atoms with Crippen molar-refractivity contribution < 1.29 is 14.3 Å². The summed E-state index contributed by atoms with van der Waals surface area (Å²) in [6.45, 7) is 3.90. The zero-order valence-electron chi connectivity index (χ0n) is 15.5. The largest absolute Gasteiger partial charge is 0.497 e. The molecule has 1 heterocycles. The average molecular weight is 355 g/mol. The Labute approximate surface area is 154 Å². The summed E-state index contributed by atoms with van der Waals surface area (Å²) in [5.74, 6) is 0.932. The first-order chi connectivity index (χ1) is 12.6. The van der Waals surface area contributed by atoms with E-state index in [1.54, 1.807) is 32.4 Å². The molecule has 0 bridgehead atoms. The van der Waals surface area contributed by atoms with Crippen LogP contribution in [0.2, 0.25) is 0 Å². The van der Waals surface area contributed by atoms with Crippen molar-refractivity contribution in [3.05, 3.63) is 48.0 Å². The summed E-state index contributed by atoms with van der Waals surface area (Å²) >= 11 is 0. The smallest absolute Gasteiger partial charge is 0.259 e. The van der Waals surface area contributed by atoms with E-state index in [-0.39, 0.29) is 5.91 Å². The Hall–Kier alpha value is -2.73. The molecule has 2 aromatic carbocycles. The van der Waals surface area contributed by atoms with Crippen molar-refractivity contribution in [1.29, 1.82) is 0 Å². The Morgan fingerprint density at radius 3 is 2.42 bits per heavy atom. The van der Waals surface area contributed by atoms with Crippen LogP contribution in [0.15, 0.2) is 42.5 Å². The molecule has 1 aliphatic rings. The van der Waals surface area contributed by atoms with Gasteiger partial charge in [0.05, 0.1) is 31.2 Å². The Kier molecular flexibility index (Phi) is 5.63. The molecule has 6 nitrogen and oxygen atoms in total. The number of nitrogens with one attached hydrogen (secondary N) is 1. The quantitative estimate of drug-likeness (QED) is 0.894. The molecule has 0 aliphatic carbocycles. The van der Waals surface area contributed by atoms with Crippen LogP contribution >= 0.6 is 0 Å². The van der Waals surface area contributed by atoms with Crippen LogP contribution in [0, 0.1) is 0 Å². The molecule has 138 valence electrons. The highest BCUT2D eigenvalue weighted by Gasteiger charge is 2.19. The molecule has 0 spiro atoms. The van der Waals surface area contributed by atoms with Crippen LogP contribution < -0.4 is 19.7 Å². The predicted octanol–water partition coefficient (Wildman–Crippen LogP) is 2.71.